The molecular formula is C21H21FN4O3S. The number of carbonyl (C=O) groups excluding carboxylic acids is 2. The fourth-order valence-corrected chi connectivity index (χ4v) is 4.85. The van der Waals surface area contributed by atoms with Crippen LogP contribution in [0.15, 0.2) is 24.3 Å². The average molecular weight is 428 g/mol. The van der Waals surface area contributed by atoms with Crippen molar-refractivity contribution in [3.8, 4) is 0 Å². The van der Waals surface area contributed by atoms with Crippen molar-refractivity contribution in [3.05, 3.63) is 51.9 Å². The first-order valence-corrected chi connectivity index (χ1v) is 10.6. The van der Waals surface area contributed by atoms with E-state index in [9.17, 15) is 14.0 Å². The highest BCUT2D eigenvalue weighted by Crippen LogP contribution is 2.37. The lowest BCUT2D eigenvalue weighted by Crippen LogP contribution is -2.31. The number of thiophene rings is 1. The van der Waals surface area contributed by atoms with Gasteiger partial charge < -0.3 is 15.8 Å². The number of benzene rings is 1. The Kier molecular flexibility index (Phi) is 5.89. The molecule has 2 aromatic heterocycles. The number of aromatic nitrogens is 2. The molecule has 0 radical (unpaired) electrons. The van der Waals surface area contributed by atoms with E-state index in [4.69, 9.17) is 10.5 Å². The van der Waals surface area contributed by atoms with Crippen LogP contribution in [0.4, 0.5) is 10.2 Å². The van der Waals surface area contributed by atoms with E-state index in [1.54, 1.807) is 17.4 Å². The Bertz CT molecular complexity index is 1120. The molecule has 0 bridgehead atoms. The summed E-state index contributed by atoms with van der Waals surface area (Å²) in [7, 11) is 0. The third-order valence-electron chi connectivity index (χ3n) is 5.01. The van der Waals surface area contributed by atoms with Crippen molar-refractivity contribution in [2.24, 2.45) is 0 Å². The third kappa shape index (κ3) is 4.25. The molecule has 0 aliphatic heterocycles. The number of ether oxygens (including phenoxy) is 1. The second kappa shape index (κ2) is 8.74. The molecule has 9 heteroatoms. The van der Waals surface area contributed by atoms with Crippen LogP contribution in [-0.2, 0) is 29.0 Å². The lowest BCUT2D eigenvalue weighted by atomic mass is 10.1. The summed E-state index contributed by atoms with van der Waals surface area (Å²) in [6.07, 6.45) is 5.53. The summed E-state index contributed by atoms with van der Waals surface area (Å²) in [4.78, 5) is 34.9. The lowest BCUT2D eigenvalue weighted by molar-refractivity contribution is -0.143. The molecule has 0 saturated carbocycles. The van der Waals surface area contributed by atoms with Gasteiger partial charge in [0.25, 0.3) is 5.91 Å². The first-order chi connectivity index (χ1) is 14.5. The second-order valence-electron chi connectivity index (χ2n) is 7.09. The number of nitrogen functional groups attached to an aromatic ring is 1. The van der Waals surface area contributed by atoms with E-state index in [-0.39, 0.29) is 12.2 Å². The van der Waals surface area contributed by atoms with Gasteiger partial charge in [-0.1, -0.05) is 18.6 Å². The summed E-state index contributed by atoms with van der Waals surface area (Å²) < 4.78 is 18.8. The van der Waals surface area contributed by atoms with Crippen LogP contribution in [-0.4, -0.2) is 28.4 Å². The van der Waals surface area contributed by atoms with E-state index >= 15 is 0 Å². The van der Waals surface area contributed by atoms with Gasteiger partial charge in [-0.05, 0) is 43.4 Å². The lowest BCUT2D eigenvalue weighted by Gasteiger charge is -2.08. The molecule has 0 fully saturated rings. The van der Waals surface area contributed by atoms with Crippen LogP contribution in [0.5, 0.6) is 0 Å². The fourth-order valence-electron chi connectivity index (χ4n) is 3.56. The Hall–Kier alpha value is -3.07. The normalized spacial score (nSPS) is 13.5. The summed E-state index contributed by atoms with van der Waals surface area (Å²) in [5.74, 6) is -1.31. The third-order valence-corrected chi connectivity index (χ3v) is 6.20. The Labute approximate surface area is 176 Å². The second-order valence-corrected chi connectivity index (χ2v) is 8.18. The predicted octanol–water partition coefficient (Wildman–Crippen LogP) is 3.15. The van der Waals surface area contributed by atoms with E-state index in [0.717, 1.165) is 35.9 Å². The van der Waals surface area contributed by atoms with Crippen LogP contribution in [0.25, 0.3) is 10.2 Å². The minimum Gasteiger partial charge on any atom is -0.456 e. The first kappa shape index (κ1) is 20.2. The molecule has 2 heterocycles. The number of hydrogen-bond donors (Lipinski definition) is 2. The number of halogens is 1. The van der Waals surface area contributed by atoms with Crippen molar-refractivity contribution < 1.29 is 18.7 Å². The van der Waals surface area contributed by atoms with Crippen molar-refractivity contribution in [2.75, 3.05) is 12.3 Å². The summed E-state index contributed by atoms with van der Waals surface area (Å²) >= 11 is 1.62. The maximum Gasteiger partial charge on any atom is 0.325 e. The van der Waals surface area contributed by atoms with Crippen LogP contribution >= 0.6 is 11.3 Å². The Morgan fingerprint density at radius 1 is 1.17 bits per heavy atom. The van der Waals surface area contributed by atoms with Crippen LogP contribution in [0.2, 0.25) is 0 Å². The molecule has 0 atom stereocenters. The zero-order chi connectivity index (χ0) is 21.1. The fraction of sp³-hybridized carbons (Fsp3) is 0.333. The van der Waals surface area contributed by atoms with Crippen LogP contribution in [0.1, 0.15) is 45.9 Å². The van der Waals surface area contributed by atoms with Crippen molar-refractivity contribution in [3.63, 3.8) is 0 Å². The topological polar surface area (TPSA) is 107 Å². The maximum atomic E-state index is 13.6. The molecule has 156 valence electrons. The van der Waals surface area contributed by atoms with E-state index < -0.39 is 24.2 Å². The van der Waals surface area contributed by atoms with Gasteiger partial charge in [-0.2, -0.15) is 0 Å². The molecule has 0 spiro atoms. The molecule has 7 nitrogen and oxygen atoms in total. The monoisotopic (exact) mass is 428 g/mol. The van der Waals surface area contributed by atoms with Crippen molar-refractivity contribution >= 4 is 39.2 Å². The van der Waals surface area contributed by atoms with Gasteiger partial charge in [-0.25, -0.2) is 14.4 Å². The molecule has 1 aliphatic carbocycles. The van der Waals surface area contributed by atoms with Gasteiger partial charge in [0, 0.05) is 4.88 Å². The molecular weight excluding hydrogens is 407 g/mol. The van der Waals surface area contributed by atoms with E-state index in [2.05, 4.69) is 15.3 Å². The van der Waals surface area contributed by atoms with Crippen molar-refractivity contribution in [1.82, 2.24) is 15.3 Å². The van der Waals surface area contributed by atoms with E-state index in [1.807, 2.05) is 0 Å². The highest BCUT2D eigenvalue weighted by atomic mass is 32.1. The van der Waals surface area contributed by atoms with Crippen LogP contribution in [0, 0.1) is 5.82 Å². The van der Waals surface area contributed by atoms with Gasteiger partial charge in [0.2, 0.25) is 0 Å². The summed E-state index contributed by atoms with van der Waals surface area (Å²) in [6, 6.07) is 5.53. The van der Waals surface area contributed by atoms with E-state index in [1.165, 1.54) is 35.1 Å². The van der Waals surface area contributed by atoms with Gasteiger partial charge in [0.05, 0.1) is 10.9 Å². The van der Waals surface area contributed by atoms with Gasteiger partial charge >= 0.3 is 5.97 Å². The summed E-state index contributed by atoms with van der Waals surface area (Å²) in [5, 5.41) is 3.26. The van der Waals surface area contributed by atoms with Gasteiger partial charge in [0.15, 0.2) is 12.4 Å². The zero-order valence-electron chi connectivity index (χ0n) is 16.2. The SMILES string of the molecule is Nc1nc(COC(=O)CNC(=O)c2ccccc2F)nc2sc3c(c12)CCCCC3. The molecule has 0 unspecified atom stereocenters. The first-order valence-electron chi connectivity index (χ1n) is 9.78. The van der Waals surface area contributed by atoms with Crippen molar-refractivity contribution in [1.29, 1.82) is 0 Å². The predicted molar refractivity (Wildman–Crippen MR) is 112 cm³/mol. The largest absolute Gasteiger partial charge is 0.456 e. The van der Waals surface area contributed by atoms with Crippen molar-refractivity contribution in [2.45, 2.75) is 38.7 Å². The molecule has 3 aromatic rings. The molecule has 1 aromatic carbocycles. The number of hydrogen-bond acceptors (Lipinski definition) is 7. The highest BCUT2D eigenvalue weighted by Gasteiger charge is 2.20. The molecule has 4 rings (SSSR count). The number of rotatable bonds is 5. The number of anilines is 1. The maximum absolute atomic E-state index is 13.6. The standard InChI is InChI=1S/C21H21FN4O3S/c22-14-8-5-4-6-12(14)20(28)24-10-17(27)29-11-16-25-19(23)18-13-7-2-1-3-9-15(13)30-21(18)26-16/h4-6,8H,1-3,7,9-11H2,(H,24,28)(H2,23,25,26). The Morgan fingerprint density at radius 2 is 1.97 bits per heavy atom. The number of carbonyl (C=O) groups is 2. The van der Waals surface area contributed by atoms with Crippen LogP contribution < -0.4 is 11.1 Å². The number of fused-ring (bicyclic) bond motifs is 3. The number of nitrogens with two attached hydrogens (primary N) is 1. The number of amides is 1. The Balaban J connectivity index is 1.38. The summed E-state index contributed by atoms with van der Waals surface area (Å²) in [5.41, 5.74) is 7.30. The smallest absolute Gasteiger partial charge is 0.325 e. The summed E-state index contributed by atoms with van der Waals surface area (Å²) in [6.45, 7) is -0.546. The minimum atomic E-state index is -0.688. The van der Waals surface area contributed by atoms with Gasteiger partial charge in [0.1, 0.15) is 23.0 Å². The number of nitrogens with one attached hydrogen (secondary N) is 1. The van der Waals surface area contributed by atoms with E-state index in [0.29, 0.717) is 11.6 Å². The molecule has 1 aliphatic rings. The minimum absolute atomic E-state index is 0.135. The molecule has 3 N–H and O–H groups in total. The number of aryl methyl sites for hydroxylation is 2. The van der Waals surface area contributed by atoms with Gasteiger partial charge in [-0.15, -0.1) is 11.3 Å². The van der Waals surface area contributed by atoms with Gasteiger partial charge in [-0.3, -0.25) is 9.59 Å². The number of nitrogens with zero attached hydrogens (tertiary/aromatic N) is 2. The quantitative estimate of drug-likeness (QED) is 0.478. The molecule has 0 saturated heterocycles. The molecule has 1 amide bonds. The number of esters is 1. The highest BCUT2D eigenvalue weighted by molar-refractivity contribution is 7.19. The van der Waals surface area contributed by atoms with Crippen LogP contribution in [0.3, 0.4) is 0 Å². The Morgan fingerprint density at radius 3 is 2.80 bits per heavy atom. The molecule has 30 heavy (non-hydrogen) atoms. The average Bonchev–Trinajstić information content (AvgIpc) is 2.92. The zero-order valence-corrected chi connectivity index (χ0v) is 17.1.